The molecule has 302 valence electrons. The van der Waals surface area contributed by atoms with Gasteiger partial charge in [-0.15, -0.1) is 0 Å². The lowest BCUT2D eigenvalue weighted by atomic mass is 9.81. The van der Waals surface area contributed by atoms with E-state index in [0.29, 0.717) is 5.92 Å². The Kier molecular flexibility index (Phi) is 9.73. The van der Waals surface area contributed by atoms with Gasteiger partial charge in [-0.3, -0.25) is 0 Å². The van der Waals surface area contributed by atoms with E-state index in [1.54, 1.807) is 0 Å². The Bertz CT molecular complexity index is 3110. The standard InChI is InChI=1S/C60H52N2/c1-42-25-26-46-39-48(30-28-45(46)37-42)59-54-33-31-52(61(49-19-7-3-8-20-49)50-21-9-4-10-22-50)40-56(54)58(47-29-27-43-17-13-14-18-44(43)38-47)55-34-32-53(41-57(55)59)62(51-23-11-5-12-24-51)60(2)35-15-6-16-36-60/h3-9,11-21,23-24,27-35,38-42H,10,22,25-26,36-37H2,1-2H3. The quantitative estimate of drug-likeness (QED) is 0.141. The molecule has 3 aliphatic rings. The molecule has 62 heavy (non-hydrogen) atoms. The van der Waals surface area contributed by atoms with Crippen molar-refractivity contribution >= 4 is 55.1 Å². The minimum Gasteiger partial charge on any atom is -0.332 e. The molecular formula is C60H52N2. The molecule has 8 aromatic carbocycles. The van der Waals surface area contributed by atoms with Crippen LogP contribution in [0.5, 0.6) is 0 Å². The first-order chi connectivity index (χ1) is 30.5. The van der Waals surface area contributed by atoms with Crippen LogP contribution in [-0.4, -0.2) is 5.54 Å². The molecule has 0 saturated carbocycles. The molecule has 0 saturated heterocycles. The molecule has 0 aromatic heterocycles. The van der Waals surface area contributed by atoms with Crippen LogP contribution < -0.4 is 9.80 Å². The number of nitrogens with zero attached hydrogens (tertiary/aromatic N) is 2. The molecule has 0 fully saturated rings. The fourth-order valence-corrected chi connectivity index (χ4v) is 10.6. The molecule has 3 aliphatic carbocycles. The molecule has 0 N–H and O–H groups in total. The second-order valence-corrected chi connectivity index (χ2v) is 17.9. The zero-order valence-electron chi connectivity index (χ0n) is 35.8. The van der Waals surface area contributed by atoms with E-state index in [1.807, 2.05) is 0 Å². The van der Waals surface area contributed by atoms with E-state index in [-0.39, 0.29) is 5.54 Å². The van der Waals surface area contributed by atoms with E-state index in [4.69, 9.17) is 0 Å². The minimum atomic E-state index is -0.247. The van der Waals surface area contributed by atoms with Crippen LogP contribution >= 0.6 is 0 Å². The fourth-order valence-electron chi connectivity index (χ4n) is 10.6. The second-order valence-electron chi connectivity index (χ2n) is 17.9. The largest absolute Gasteiger partial charge is 0.332 e. The molecule has 0 spiro atoms. The molecular weight excluding hydrogens is 749 g/mol. The van der Waals surface area contributed by atoms with Crippen LogP contribution in [0.25, 0.3) is 54.6 Å². The van der Waals surface area contributed by atoms with Crippen LogP contribution in [0, 0.1) is 5.92 Å². The summed E-state index contributed by atoms with van der Waals surface area (Å²) in [7, 11) is 0. The van der Waals surface area contributed by atoms with Crippen molar-refractivity contribution in [1.29, 1.82) is 0 Å². The maximum Gasteiger partial charge on any atom is 0.0642 e. The van der Waals surface area contributed by atoms with E-state index in [9.17, 15) is 0 Å². The summed E-state index contributed by atoms with van der Waals surface area (Å²) in [5, 5.41) is 7.57. The van der Waals surface area contributed by atoms with Crippen molar-refractivity contribution in [2.75, 3.05) is 9.80 Å². The smallest absolute Gasteiger partial charge is 0.0642 e. The highest BCUT2D eigenvalue weighted by Gasteiger charge is 2.32. The number of anilines is 4. The summed E-state index contributed by atoms with van der Waals surface area (Å²) in [6, 6.07) is 59.6. The van der Waals surface area contributed by atoms with Gasteiger partial charge in [0.05, 0.1) is 5.54 Å². The number of aryl methyl sites for hydroxylation is 1. The third-order valence-corrected chi connectivity index (χ3v) is 13.7. The van der Waals surface area contributed by atoms with Gasteiger partial charge < -0.3 is 9.80 Å². The van der Waals surface area contributed by atoms with Crippen LogP contribution in [0.4, 0.5) is 22.7 Å². The summed E-state index contributed by atoms with van der Waals surface area (Å²) in [6.07, 6.45) is 22.3. The Balaban J connectivity index is 1.24. The van der Waals surface area contributed by atoms with Crippen molar-refractivity contribution in [1.82, 2.24) is 0 Å². The van der Waals surface area contributed by atoms with Crippen LogP contribution in [0.2, 0.25) is 0 Å². The first-order valence-corrected chi connectivity index (χ1v) is 22.6. The Morgan fingerprint density at radius 1 is 0.516 bits per heavy atom. The van der Waals surface area contributed by atoms with Crippen molar-refractivity contribution in [2.24, 2.45) is 5.92 Å². The van der Waals surface area contributed by atoms with Crippen LogP contribution in [0.3, 0.4) is 0 Å². The van der Waals surface area contributed by atoms with Crippen LogP contribution in [-0.2, 0) is 12.8 Å². The van der Waals surface area contributed by atoms with Crippen LogP contribution in [0.1, 0.15) is 50.7 Å². The van der Waals surface area contributed by atoms with E-state index in [0.717, 1.165) is 32.1 Å². The highest BCUT2D eigenvalue weighted by atomic mass is 15.2. The molecule has 0 aliphatic heterocycles. The maximum atomic E-state index is 2.55. The van der Waals surface area contributed by atoms with Gasteiger partial charge in [-0.2, -0.15) is 0 Å². The molecule has 8 aromatic rings. The summed E-state index contributed by atoms with van der Waals surface area (Å²) in [5.74, 6) is 0.716. The number of hydrogen-bond donors (Lipinski definition) is 0. The zero-order chi connectivity index (χ0) is 41.6. The molecule has 0 bridgehead atoms. The van der Waals surface area contributed by atoms with Crippen molar-refractivity contribution in [3.05, 3.63) is 217 Å². The van der Waals surface area contributed by atoms with E-state index >= 15 is 0 Å². The Morgan fingerprint density at radius 3 is 1.92 bits per heavy atom. The van der Waals surface area contributed by atoms with Gasteiger partial charge >= 0.3 is 0 Å². The van der Waals surface area contributed by atoms with Crippen molar-refractivity contribution in [3.63, 3.8) is 0 Å². The van der Waals surface area contributed by atoms with Gasteiger partial charge in [-0.1, -0.05) is 147 Å². The summed E-state index contributed by atoms with van der Waals surface area (Å²) in [4.78, 5) is 5.03. The first kappa shape index (κ1) is 38.1. The third kappa shape index (κ3) is 6.85. The summed E-state index contributed by atoms with van der Waals surface area (Å²) < 4.78 is 0. The van der Waals surface area contributed by atoms with E-state index in [2.05, 4.69) is 224 Å². The maximum absolute atomic E-state index is 2.55. The summed E-state index contributed by atoms with van der Waals surface area (Å²) >= 11 is 0. The topological polar surface area (TPSA) is 6.48 Å². The molecule has 0 amide bonds. The number of para-hydroxylation sites is 2. The highest BCUT2D eigenvalue weighted by molar-refractivity contribution is 6.23. The number of benzene rings is 8. The van der Waals surface area contributed by atoms with E-state index < -0.39 is 0 Å². The number of allylic oxidation sites excluding steroid dienone is 6. The molecule has 2 unspecified atom stereocenters. The average molecular weight is 801 g/mol. The second kappa shape index (κ2) is 15.9. The highest BCUT2D eigenvalue weighted by Crippen LogP contribution is 2.49. The number of hydrogen-bond acceptors (Lipinski definition) is 2. The molecule has 11 rings (SSSR count). The fraction of sp³-hybridized carbons (Fsp3) is 0.167. The predicted octanol–water partition coefficient (Wildman–Crippen LogP) is 16.4. The number of rotatable bonds is 8. The summed E-state index contributed by atoms with van der Waals surface area (Å²) in [6.45, 7) is 4.77. The average Bonchev–Trinajstić information content (AvgIpc) is 3.32. The van der Waals surface area contributed by atoms with Gasteiger partial charge in [-0.25, -0.2) is 0 Å². The van der Waals surface area contributed by atoms with Gasteiger partial charge in [0.15, 0.2) is 0 Å². The molecule has 2 atom stereocenters. The van der Waals surface area contributed by atoms with Crippen molar-refractivity contribution < 1.29 is 0 Å². The van der Waals surface area contributed by atoms with Gasteiger partial charge in [0, 0.05) is 28.4 Å². The lowest BCUT2D eigenvalue weighted by Crippen LogP contribution is -2.42. The Morgan fingerprint density at radius 2 is 1.19 bits per heavy atom. The number of fused-ring (bicyclic) bond motifs is 4. The predicted molar refractivity (Wildman–Crippen MR) is 266 cm³/mol. The molecule has 0 heterocycles. The molecule has 2 heteroatoms. The molecule has 0 radical (unpaired) electrons. The SMILES string of the molecule is CC1CCc2cc(-c3c4ccc(N(C5=CC=CCC5)c5ccccc5)cc4c(-c4ccc5ccccc5c4)c4ccc(N(c5ccccc5)C5(C)C=CC=CC5)cc34)ccc2C1. The van der Waals surface area contributed by atoms with Gasteiger partial charge in [0.2, 0.25) is 0 Å². The first-order valence-electron chi connectivity index (χ1n) is 22.6. The Hall–Kier alpha value is -6.90. The van der Waals surface area contributed by atoms with Gasteiger partial charge in [0.1, 0.15) is 0 Å². The van der Waals surface area contributed by atoms with Gasteiger partial charge in [0.25, 0.3) is 0 Å². The normalized spacial score (nSPS) is 18.2. The van der Waals surface area contributed by atoms with Crippen molar-refractivity contribution in [3.8, 4) is 22.3 Å². The van der Waals surface area contributed by atoms with E-state index in [1.165, 1.54) is 101 Å². The monoisotopic (exact) mass is 800 g/mol. The molecule has 2 nitrogen and oxygen atoms in total. The lowest BCUT2D eigenvalue weighted by Gasteiger charge is -2.42. The Labute approximate surface area is 366 Å². The summed E-state index contributed by atoms with van der Waals surface area (Å²) in [5.41, 5.74) is 13.9. The zero-order valence-corrected chi connectivity index (χ0v) is 35.8. The third-order valence-electron chi connectivity index (χ3n) is 13.7. The lowest BCUT2D eigenvalue weighted by molar-refractivity contribution is 0.501. The van der Waals surface area contributed by atoms with Crippen LogP contribution in [0.15, 0.2) is 206 Å². The van der Waals surface area contributed by atoms with Gasteiger partial charge in [-0.05, 0) is 178 Å². The van der Waals surface area contributed by atoms with Crippen molar-refractivity contribution in [2.45, 2.75) is 57.9 Å². The minimum absolute atomic E-state index is 0.247.